The fraction of sp³-hybridized carbons (Fsp3) is 0. The number of anilines is 2. The van der Waals surface area contributed by atoms with Gasteiger partial charge in [-0.2, -0.15) is 8.75 Å². The molecule has 7 nitrogen and oxygen atoms in total. The van der Waals surface area contributed by atoms with Crippen LogP contribution in [0.25, 0.3) is 11.0 Å². The highest BCUT2D eigenvalue weighted by molar-refractivity contribution is 7.93. The van der Waals surface area contributed by atoms with Crippen LogP contribution in [0.3, 0.4) is 0 Å². The van der Waals surface area contributed by atoms with Crippen molar-refractivity contribution >= 4 is 44.2 Å². The van der Waals surface area contributed by atoms with Crippen molar-refractivity contribution in [3.63, 3.8) is 0 Å². The van der Waals surface area contributed by atoms with Crippen molar-refractivity contribution in [3.8, 4) is 0 Å². The maximum atomic E-state index is 12.4. The van der Waals surface area contributed by atoms with Crippen LogP contribution in [0.15, 0.2) is 41.6 Å². The van der Waals surface area contributed by atoms with Crippen LogP contribution in [0.5, 0.6) is 0 Å². The summed E-state index contributed by atoms with van der Waals surface area (Å²) >= 11 is 0.966. The smallest absolute Gasteiger partial charge is 0.264 e. The number of sulfonamides is 1. The molecular weight excluding hydrogens is 298 g/mol. The minimum atomic E-state index is -3.79. The lowest BCUT2D eigenvalue weighted by Crippen LogP contribution is -2.14. The van der Waals surface area contributed by atoms with Crippen molar-refractivity contribution in [1.29, 1.82) is 0 Å². The van der Waals surface area contributed by atoms with Gasteiger partial charge in [0.2, 0.25) is 0 Å². The fourth-order valence-electron chi connectivity index (χ4n) is 1.70. The lowest BCUT2D eigenvalue weighted by molar-refractivity contribution is 0.602. The molecule has 2 aromatic heterocycles. The minimum Gasteiger partial charge on any atom is -0.396 e. The lowest BCUT2D eigenvalue weighted by atomic mass is 10.3. The SMILES string of the molecule is Nc1cnccc1NS(=O)(=O)c1cccc2nsnc12. The normalized spacial score (nSPS) is 11.6. The predicted molar refractivity (Wildman–Crippen MR) is 76.9 cm³/mol. The second kappa shape index (κ2) is 4.69. The molecule has 0 atom stereocenters. The summed E-state index contributed by atoms with van der Waals surface area (Å²) in [6.45, 7) is 0. The molecular formula is C11H9N5O2S2. The Labute approximate surface area is 118 Å². The van der Waals surface area contributed by atoms with Crippen molar-refractivity contribution in [2.45, 2.75) is 4.90 Å². The summed E-state index contributed by atoms with van der Waals surface area (Å²) in [7, 11) is -3.79. The summed E-state index contributed by atoms with van der Waals surface area (Å²) in [5.41, 5.74) is 7.10. The first-order valence-electron chi connectivity index (χ1n) is 5.51. The molecule has 20 heavy (non-hydrogen) atoms. The number of nitrogens with one attached hydrogen (secondary N) is 1. The molecule has 3 N–H and O–H groups in total. The highest BCUT2D eigenvalue weighted by Gasteiger charge is 2.20. The third-order valence-corrected chi connectivity index (χ3v) is 4.57. The molecule has 0 bridgehead atoms. The second-order valence-corrected chi connectivity index (χ2v) is 6.14. The van der Waals surface area contributed by atoms with Gasteiger partial charge in [-0.25, -0.2) is 8.42 Å². The van der Waals surface area contributed by atoms with E-state index < -0.39 is 10.0 Å². The number of nitrogen functional groups attached to an aromatic ring is 1. The summed E-state index contributed by atoms with van der Waals surface area (Å²) in [5, 5.41) is 0. The predicted octanol–water partition coefficient (Wildman–Crippen LogP) is 1.47. The van der Waals surface area contributed by atoms with Crippen LogP contribution in [-0.4, -0.2) is 22.1 Å². The van der Waals surface area contributed by atoms with Gasteiger partial charge in [0.05, 0.1) is 29.3 Å². The molecule has 0 spiro atoms. The zero-order valence-corrected chi connectivity index (χ0v) is 11.6. The van der Waals surface area contributed by atoms with E-state index in [0.29, 0.717) is 11.0 Å². The van der Waals surface area contributed by atoms with Gasteiger partial charge < -0.3 is 5.73 Å². The van der Waals surface area contributed by atoms with E-state index in [-0.39, 0.29) is 16.3 Å². The average molecular weight is 307 g/mol. The van der Waals surface area contributed by atoms with Crippen LogP contribution in [0.2, 0.25) is 0 Å². The lowest BCUT2D eigenvalue weighted by Gasteiger charge is -2.09. The molecule has 0 unspecified atom stereocenters. The van der Waals surface area contributed by atoms with Crippen LogP contribution in [0, 0.1) is 0 Å². The maximum absolute atomic E-state index is 12.4. The Morgan fingerprint density at radius 2 is 2.05 bits per heavy atom. The first-order chi connectivity index (χ1) is 9.58. The highest BCUT2D eigenvalue weighted by Crippen LogP contribution is 2.25. The number of rotatable bonds is 3. The van der Waals surface area contributed by atoms with Gasteiger partial charge in [0, 0.05) is 6.20 Å². The van der Waals surface area contributed by atoms with E-state index in [0.717, 1.165) is 11.7 Å². The van der Waals surface area contributed by atoms with Gasteiger partial charge in [-0.05, 0) is 18.2 Å². The summed E-state index contributed by atoms with van der Waals surface area (Å²) in [6, 6.07) is 6.29. The molecule has 3 rings (SSSR count). The average Bonchev–Trinajstić information content (AvgIpc) is 2.89. The number of hydrogen-bond acceptors (Lipinski definition) is 7. The van der Waals surface area contributed by atoms with Gasteiger partial charge in [0.25, 0.3) is 10.0 Å². The fourth-order valence-corrected chi connectivity index (χ4v) is 3.55. The highest BCUT2D eigenvalue weighted by atomic mass is 32.2. The van der Waals surface area contributed by atoms with Crippen LogP contribution < -0.4 is 10.5 Å². The molecule has 0 aliphatic heterocycles. The van der Waals surface area contributed by atoms with Gasteiger partial charge in [-0.1, -0.05) is 6.07 Å². The molecule has 0 radical (unpaired) electrons. The first kappa shape index (κ1) is 12.8. The Morgan fingerprint density at radius 1 is 1.20 bits per heavy atom. The van der Waals surface area contributed by atoms with E-state index in [4.69, 9.17) is 5.73 Å². The zero-order valence-electron chi connectivity index (χ0n) is 10.0. The van der Waals surface area contributed by atoms with Crippen molar-refractivity contribution in [1.82, 2.24) is 13.7 Å². The van der Waals surface area contributed by atoms with Crippen molar-refractivity contribution < 1.29 is 8.42 Å². The quantitative estimate of drug-likeness (QED) is 0.758. The largest absolute Gasteiger partial charge is 0.396 e. The number of benzene rings is 1. The van der Waals surface area contributed by atoms with E-state index >= 15 is 0 Å². The summed E-state index contributed by atoms with van der Waals surface area (Å²) in [5.74, 6) is 0. The monoisotopic (exact) mass is 307 g/mol. The maximum Gasteiger partial charge on any atom is 0.264 e. The minimum absolute atomic E-state index is 0.0694. The third-order valence-electron chi connectivity index (χ3n) is 2.63. The van der Waals surface area contributed by atoms with Crippen LogP contribution in [0.1, 0.15) is 0 Å². The Balaban J connectivity index is 2.09. The summed E-state index contributed by atoms with van der Waals surface area (Å²) < 4.78 is 35.3. The van der Waals surface area contributed by atoms with Crippen molar-refractivity contribution in [3.05, 3.63) is 36.7 Å². The number of aromatic nitrogens is 3. The first-order valence-corrected chi connectivity index (χ1v) is 7.73. The standard InChI is InChI=1S/C11H9N5O2S2/c12-7-6-13-5-4-8(7)16-20(17,18)10-3-1-2-9-11(10)15-19-14-9/h1-6H,12H2,(H,13,16). The van der Waals surface area contributed by atoms with Gasteiger partial charge >= 0.3 is 0 Å². The second-order valence-electron chi connectivity index (χ2n) is 3.96. The molecule has 2 heterocycles. The molecule has 3 aromatic rings. The van der Waals surface area contributed by atoms with Crippen molar-refractivity contribution in [2.24, 2.45) is 0 Å². The molecule has 0 saturated carbocycles. The molecule has 0 aliphatic rings. The van der Waals surface area contributed by atoms with E-state index in [9.17, 15) is 8.42 Å². The number of fused-ring (bicyclic) bond motifs is 1. The molecule has 9 heteroatoms. The van der Waals surface area contributed by atoms with Gasteiger partial charge in [0.15, 0.2) is 0 Å². The number of pyridine rings is 1. The number of nitrogens with zero attached hydrogens (tertiary/aromatic N) is 3. The number of hydrogen-bond donors (Lipinski definition) is 2. The molecule has 0 amide bonds. The van der Waals surface area contributed by atoms with Gasteiger partial charge in [-0.15, -0.1) is 0 Å². The number of nitrogens with two attached hydrogens (primary N) is 1. The molecule has 0 fully saturated rings. The van der Waals surface area contributed by atoms with E-state index in [1.807, 2.05) is 0 Å². The van der Waals surface area contributed by atoms with Crippen LogP contribution >= 0.6 is 11.7 Å². The van der Waals surface area contributed by atoms with Gasteiger partial charge in [-0.3, -0.25) is 9.71 Å². The molecule has 1 aromatic carbocycles. The van der Waals surface area contributed by atoms with E-state index in [1.54, 1.807) is 12.1 Å². The summed E-state index contributed by atoms with van der Waals surface area (Å²) in [4.78, 5) is 3.88. The molecule has 0 aliphatic carbocycles. The van der Waals surface area contributed by atoms with E-state index in [2.05, 4.69) is 18.5 Å². The third kappa shape index (κ3) is 2.17. The molecule has 0 saturated heterocycles. The van der Waals surface area contributed by atoms with E-state index in [1.165, 1.54) is 24.5 Å². The Kier molecular flexibility index (Phi) is 2.99. The zero-order chi connectivity index (χ0) is 14.2. The van der Waals surface area contributed by atoms with Crippen molar-refractivity contribution in [2.75, 3.05) is 10.5 Å². The Morgan fingerprint density at radius 3 is 2.85 bits per heavy atom. The Hall–Kier alpha value is -2.26. The topological polar surface area (TPSA) is 111 Å². The van der Waals surface area contributed by atoms with Crippen LogP contribution in [-0.2, 0) is 10.0 Å². The summed E-state index contributed by atoms with van der Waals surface area (Å²) in [6.07, 6.45) is 2.84. The van der Waals surface area contributed by atoms with Crippen LogP contribution in [0.4, 0.5) is 11.4 Å². The Bertz CT molecular complexity index is 875. The van der Waals surface area contributed by atoms with Gasteiger partial charge in [0.1, 0.15) is 15.9 Å². The molecule has 102 valence electrons.